The van der Waals surface area contributed by atoms with Crippen molar-refractivity contribution in [3.8, 4) is 0 Å². The Labute approximate surface area is 181 Å². The molecule has 3 aromatic rings. The number of halogens is 1. The lowest BCUT2D eigenvalue weighted by atomic mass is 9.78. The Morgan fingerprint density at radius 2 is 1.63 bits per heavy atom. The first kappa shape index (κ1) is 19.0. The van der Waals surface area contributed by atoms with E-state index in [0.29, 0.717) is 11.4 Å². The highest BCUT2D eigenvalue weighted by Gasteiger charge is 2.36. The molecule has 0 radical (unpaired) electrons. The number of carbonyl (C=O) groups excluding carboxylic acids is 1. The van der Waals surface area contributed by atoms with Crippen LogP contribution in [0.2, 0.25) is 5.02 Å². The van der Waals surface area contributed by atoms with Crippen LogP contribution < -0.4 is 10.6 Å². The SMILES string of the molecule is Cc1ccc2c(c1)N[C@@H](c1ccc(Cl)cc1)C1=C(C[C@@H](c3ccccc3)CC1=O)N2. The van der Waals surface area contributed by atoms with Gasteiger partial charge in [0.15, 0.2) is 5.78 Å². The summed E-state index contributed by atoms with van der Waals surface area (Å²) in [7, 11) is 0. The Hall–Kier alpha value is -3.04. The Kier molecular flexibility index (Phi) is 4.84. The predicted octanol–water partition coefficient (Wildman–Crippen LogP) is 6.63. The molecule has 5 rings (SSSR count). The fourth-order valence-electron chi connectivity index (χ4n) is 4.53. The second kappa shape index (κ2) is 7.66. The third kappa shape index (κ3) is 3.50. The largest absolute Gasteiger partial charge is 0.372 e. The zero-order valence-corrected chi connectivity index (χ0v) is 17.5. The van der Waals surface area contributed by atoms with Gasteiger partial charge in [0.1, 0.15) is 0 Å². The van der Waals surface area contributed by atoms with Crippen LogP contribution in [0.5, 0.6) is 0 Å². The molecule has 0 fully saturated rings. The molecule has 2 atom stereocenters. The monoisotopic (exact) mass is 414 g/mol. The maximum atomic E-state index is 13.5. The summed E-state index contributed by atoms with van der Waals surface area (Å²) in [6.45, 7) is 2.08. The molecular formula is C26H23ClN2O. The van der Waals surface area contributed by atoms with Crippen molar-refractivity contribution in [2.45, 2.75) is 31.7 Å². The van der Waals surface area contributed by atoms with Crippen LogP contribution in [0.15, 0.2) is 84.1 Å². The number of allylic oxidation sites excluding steroid dienone is 1. The lowest BCUT2D eigenvalue weighted by molar-refractivity contribution is -0.116. The average molecular weight is 415 g/mol. The van der Waals surface area contributed by atoms with Crippen molar-refractivity contribution in [2.75, 3.05) is 10.6 Å². The summed E-state index contributed by atoms with van der Waals surface area (Å²) in [6, 6.07) is 24.2. The number of nitrogens with one attached hydrogen (secondary N) is 2. The van der Waals surface area contributed by atoms with Crippen molar-refractivity contribution in [1.82, 2.24) is 0 Å². The van der Waals surface area contributed by atoms with Gasteiger partial charge >= 0.3 is 0 Å². The molecule has 0 unspecified atom stereocenters. The summed E-state index contributed by atoms with van der Waals surface area (Å²) in [4.78, 5) is 13.5. The van der Waals surface area contributed by atoms with Gasteiger partial charge in [-0.2, -0.15) is 0 Å². The van der Waals surface area contributed by atoms with Crippen LogP contribution in [-0.4, -0.2) is 5.78 Å². The quantitative estimate of drug-likeness (QED) is 0.494. The topological polar surface area (TPSA) is 41.1 Å². The number of carbonyl (C=O) groups is 1. The fourth-order valence-corrected chi connectivity index (χ4v) is 4.65. The van der Waals surface area contributed by atoms with Gasteiger partial charge in [-0.1, -0.05) is 60.1 Å². The molecule has 4 heteroatoms. The minimum atomic E-state index is -0.211. The zero-order chi connectivity index (χ0) is 20.7. The van der Waals surface area contributed by atoms with Gasteiger partial charge in [0.2, 0.25) is 0 Å². The smallest absolute Gasteiger partial charge is 0.163 e. The molecule has 0 aromatic heterocycles. The Balaban J connectivity index is 1.62. The number of hydrogen-bond donors (Lipinski definition) is 2. The number of anilines is 2. The number of aryl methyl sites for hydroxylation is 1. The zero-order valence-electron chi connectivity index (χ0n) is 16.8. The number of Topliss-reactive ketones (excluding diaryl/α,β-unsaturated/α-hetero) is 1. The van der Waals surface area contributed by atoms with E-state index >= 15 is 0 Å². The minimum absolute atomic E-state index is 0.183. The Morgan fingerprint density at radius 3 is 2.40 bits per heavy atom. The van der Waals surface area contributed by atoms with Crippen molar-refractivity contribution in [3.63, 3.8) is 0 Å². The minimum Gasteiger partial charge on any atom is -0.372 e. The van der Waals surface area contributed by atoms with E-state index in [1.54, 1.807) is 0 Å². The second-order valence-electron chi connectivity index (χ2n) is 8.13. The van der Waals surface area contributed by atoms with Gasteiger partial charge in [0, 0.05) is 22.7 Å². The molecule has 2 aliphatic rings. The molecule has 0 saturated heterocycles. The average Bonchev–Trinajstić information content (AvgIpc) is 2.91. The highest BCUT2D eigenvalue weighted by Crippen LogP contribution is 2.44. The third-order valence-electron chi connectivity index (χ3n) is 6.03. The number of hydrogen-bond acceptors (Lipinski definition) is 3. The molecule has 2 N–H and O–H groups in total. The van der Waals surface area contributed by atoms with Gasteiger partial charge in [-0.05, 0) is 60.2 Å². The molecule has 3 aromatic carbocycles. The molecule has 0 bridgehead atoms. The van der Waals surface area contributed by atoms with Crippen LogP contribution in [-0.2, 0) is 4.79 Å². The molecule has 150 valence electrons. The lowest BCUT2D eigenvalue weighted by Gasteiger charge is -2.30. The molecule has 0 saturated carbocycles. The molecule has 3 nitrogen and oxygen atoms in total. The number of benzene rings is 3. The fraction of sp³-hybridized carbons (Fsp3) is 0.192. The van der Waals surface area contributed by atoms with Crippen LogP contribution in [0, 0.1) is 6.92 Å². The van der Waals surface area contributed by atoms with Crippen molar-refractivity contribution in [2.24, 2.45) is 0 Å². The van der Waals surface area contributed by atoms with E-state index in [1.807, 2.05) is 42.5 Å². The normalized spacial score (nSPS) is 20.5. The van der Waals surface area contributed by atoms with Gasteiger partial charge in [0.25, 0.3) is 0 Å². The van der Waals surface area contributed by atoms with Crippen LogP contribution in [0.25, 0.3) is 0 Å². The van der Waals surface area contributed by atoms with E-state index in [2.05, 4.69) is 47.9 Å². The maximum absolute atomic E-state index is 13.5. The van der Waals surface area contributed by atoms with Crippen LogP contribution in [0.3, 0.4) is 0 Å². The first-order valence-corrected chi connectivity index (χ1v) is 10.7. The maximum Gasteiger partial charge on any atom is 0.163 e. The van der Waals surface area contributed by atoms with E-state index in [0.717, 1.165) is 34.6 Å². The molecule has 0 amide bonds. The summed E-state index contributed by atoms with van der Waals surface area (Å²) in [6.07, 6.45) is 1.33. The van der Waals surface area contributed by atoms with Crippen molar-refractivity contribution in [1.29, 1.82) is 0 Å². The van der Waals surface area contributed by atoms with Crippen LogP contribution in [0.4, 0.5) is 11.4 Å². The van der Waals surface area contributed by atoms with E-state index in [1.165, 1.54) is 11.1 Å². The molecule has 1 aliphatic carbocycles. The number of fused-ring (bicyclic) bond motifs is 1. The Morgan fingerprint density at radius 1 is 0.867 bits per heavy atom. The van der Waals surface area contributed by atoms with Gasteiger partial charge in [0.05, 0.1) is 17.4 Å². The Bertz CT molecular complexity index is 1140. The van der Waals surface area contributed by atoms with Gasteiger partial charge < -0.3 is 10.6 Å². The summed E-state index contributed by atoms with van der Waals surface area (Å²) in [5.74, 6) is 0.373. The highest BCUT2D eigenvalue weighted by atomic mass is 35.5. The van der Waals surface area contributed by atoms with Gasteiger partial charge in [-0.3, -0.25) is 4.79 Å². The summed E-state index contributed by atoms with van der Waals surface area (Å²) < 4.78 is 0. The molecule has 1 heterocycles. The summed E-state index contributed by atoms with van der Waals surface area (Å²) >= 11 is 6.13. The molecule has 30 heavy (non-hydrogen) atoms. The number of ketones is 1. The van der Waals surface area contributed by atoms with Gasteiger partial charge in [-0.25, -0.2) is 0 Å². The van der Waals surface area contributed by atoms with Crippen molar-refractivity contribution >= 4 is 28.8 Å². The number of rotatable bonds is 2. The summed E-state index contributed by atoms with van der Waals surface area (Å²) in [5.41, 5.74) is 7.28. The van der Waals surface area contributed by atoms with E-state index in [4.69, 9.17) is 11.6 Å². The van der Waals surface area contributed by atoms with Crippen LogP contribution >= 0.6 is 11.6 Å². The predicted molar refractivity (Wildman–Crippen MR) is 123 cm³/mol. The summed E-state index contributed by atoms with van der Waals surface area (Å²) in [5, 5.41) is 7.93. The van der Waals surface area contributed by atoms with E-state index in [9.17, 15) is 4.79 Å². The van der Waals surface area contributed by atoms with E-state index < -0.39 is 0 Å². The first-order chi connectivity index (χ1) is 14.6. The van der Waals surface area contributed by atoms with Crippen LogP contribution in [0.1, 0.15) is 41.5 Å². The standard InChI is InChI=1S/C26H23ClN2O/c1-16-7-12-21-22(13-16)29-26(18-8-10-20(27)11-9-18)25-23(28-21)14-19(15-24(25)30)17-5-3-2-4-6-17/h2-13,19,26,28-29H,14-15H2,1H3/t19-,26+/m1/s1. The van der Waals surface area contributed by atoms with E-state index in [-0.39, 0.29) is 17.7 Å². The van der Waals surface area contributed by atoms with Crippen molar-refractivity contribution in [3.05, 3.63) is 106 Å². The van der Waals surface area contributed by atoms with Crippen molar-refractivity contribution < 1.29 is 4.79 Å². The second-order valence-corrected chi connectivity index (χ2v) is 8.57. The molecule has 0 spiro atoms. The molecule has 1 aliphatic heterocycles. The first-order valence-electron chi connectivity index (χ1n) is 10.3. The lowest BCUT2D eigenvalue weighted by Crippen LogP contribution is -2.26. The highest BCUT2D eigenvalue weighted by molar-refractivity contribution is 6.30. The third-order valence-corrected chi connectivity index (χ3v) is 6.28. The van der Waals surface area contributed by atoms with Gasteiger partial charge in [-0.15, -0.1) is 0 Å². The molecular weight excluding hydrogens is 392 g/mol.